The van der Waals surface area contributed by atoms with Crippen molar-refractivity contribution in [1.82, 2.24) is 20.9 Å². The summed E-state index contributed by atoms with van der Waals surface area (Å²) < 4.78 is 18.1. The Labute approximate surface area is 171 Å². The molecule has 2 rings (SSSR count). The summed E-state index contributed by atoms with van der Waals surface area (Å²) in [6, 6.07) is 3.38. The van der Waals surface area contributed by atoms with E-state index in [1.165, 1.54) is 18.2 Å². The summed E-state index contributed by atoms with van der Waals surface area (Å²) in [7, 11) is 1.60. The Bertz CT molecular complexity index is 921. The van der Waals surface area contributed by atoms with E-state index < -0.39 is 6.03 Å². The molecule has 0 aliphatic rings. The average molecular weight is 421 g/mol. The predicted molar refractivity (Wildman–Crippen MR) is 109 cm³/mol. The average Bonchev–Trinajstić information content (AvgIpc) is 3.17. The third-order valence-electron chi connectivity index (χ3n) is 3.57. The van der Waals surface area contributed by atoms with Crippen molar-refractivity contribution in [2.75, 3.05) is 36.9 Å². The zero-order chi connectivity index (χ0) is 21.9. The summed E-state index contributed by atoms with van der Waals surface area (Å²) in [5.41, 5.74) is 5.98. The number of primary amides is 1. The Morgan fingerprint density at radius 2 is 2.03 bits per heavy atom. The van der Waals surface area contributed by atoms with Gasteiger partial charge in [0, 0.05) is 25.3 Å². The molecule has 0 spiro atoms. The van der Waals surface area contributed by atoms with Gasteiger partial charge in [-0.05, 0) is 28.5 Å². The maximum Gasteiger partial charge on any atom is 0.341 e. The molecule has 0 fully saturated rings. The van der Waals surface area contributed by atoms with Crippen molar-refractivity contribution < 1.29 is 24.1 Å². The highest BCUT2D eigenvalue weighted by Gasteiger charge is 2.17. The summed E-state index contributed by atoms with van der Waals surface area (Å²) in [6.07, 6.45) is 0. The third kappa shape index (κ3) is 6.63. The Balaban J connectivity index is 1.96. The van der Waals surface area contributed by atoms with E-state index in [1.807, 2.05) is 0 Å². The van der Waals surface area contributed by atoms with Gasteiger partial charge in [-0.1, -0.05) is 10.6 Å². The lowest BCUT2D eigenvalue weighted by Crippen LogP contribution is -2.41. The highest BCUT2D eigenvalue weighted by molar-refractivity contribution is 6.33. The van der Waals surface area contributed by atoms with Gasteiger partial charge >= 0.3 is 6.03 Å². The minimum atomic E-state index is -0.898. The summed E-state index contributed by atoms with van der Waals surface area (Å²) in [4.78, 5) is 14.4. The molecule has 0 unspecified atom stereocenters. The van der Waals surface area contributed by atoms with Crippen LogP contribution in [0.25, 0.3) is 0 Å². The van der Waals surface area contributed by atoms with E-state index in [9.17, 15) is 14.4 Å². The number of nitrogens with two attached hydrogens (primary N) is 1. The Hall–Kier alpha value is -3.88. The van der Waals surface area contributed by atoms with Gasteiger partial charge < -0.3 is 37.3 Å². The van der Waals surface area contributed by atoms with Crippen LogP contribution in [-0.4, -0.2) is 72.5 Å². The van der Waals surface area contributed by atoms with Crippen molar-refractivity contribution in [1.29, 1.82) is 0 Å². The first-order chi connectivity index (χ1) is 14.4. The number of carbonyl (C=O) groups excluding carboxylic acids is 1. The summed E-state index contributed by atoms with van der Waals surface area (Å²) in [6.45, 7) is 0.561. The lowest BCUT2D eigenvalue weighted by atomic mass is 9.95. The van der Waals surface area contributed by atoms with Crippen LogP contribution in [0.1, 0.15) is 5.69 Å². The number of urea groups is 1. The molecule has 0 bridgehead atoms. The number of guanidine groups is 1. The van der Waals surface area contributed by atoms with Crippen molar-refractivity contribution in [3.05, 3.63) is 29.7 Å². The third-order valence-corrected chi connectivity index (χ3v) is 3.57. The van der Waals surface area contributed by atoms with Gasteiger partial charge in [0.15, 0.2) is 5.69 Å². The number of anilines is 2. The van der Waals surface area contributed by atoms with Crippen LogP contribution in [0.2, 0.25) is 0 Å². The highest BCUT2D eigenvalue weighted by Crippen LogP contribution is 2.14. The minimum absolute atomic E-state index is 0.0710. The molecule has 0 aliphatic carbocycles. The van der Waals surface area contributed by atoms with Gasteiger partial charge in [0.05, 0.1) is 6.61 Å². The van der Waals surface area contributed by atoms with Crippen LogP contribution < -0.4 is 32.5 Å². The summed E-state index contributed by atoms with van der Waals surface area (Å²) in [5.74, 6) is -0.164. The largest absolute Gasteiger partial charge is 0.409 e. The predicted octanol–water partition coefficient (Wildman–Crippen LogP) is -2.27. The SMILES string of the molecule is Bc1cc(N/C(=N\O)c2nonc2NCCN/C(=N/C(N)=O)NCCO)ccc1F. The Morgan fingerprint density at radius 1 is 1.27 bits per heavy atom. The highest BCUT2D eigenvalue weighted by atomic mass is 19.1. The van der Waals surface area contributed by atoms with Crippen molar-refractivity contribution in [3.8, 4) is 0 Å². The van der Waals surface area contributed by atoms with Gasteiger partial charge in [-0.3, -0.25) is 0 Å². The molecule has 13 nitrogen and oxygen atoms in total. The number of aromatic nitrogens is 2. The number of hydrogen-bond donors (Lipinski definition) is 7. The molecule has 8 N–H and O–H groups in total. The molecule has 2 amide bonds. The number of nitrogens with one attached hydrogen (secondary N) is 4. The van der Waals surface area contributed by atoms with Gasteiger partial charge in [-0.25, -0.2) is 13.8 Å². The zero-order valence-corrected chi connectivity index (χ0v) is 16.0. The number of nitrogens with zero attached hydrogens (tertiary/aromatic N) is 4. The molecule has 0 aliphatic heterocycles. The standard InChI is InChI=1S/C15H21BFN9O4/c16-9-7-8(1-2-10(9)17)22-13(24-29)11-12(26-30-25-11)19-3-4-20-15(21-5-6-27)23-14(18)28/h1-2,7,27,29H,3-6,16H2,(H,19,26)(H,22,24)(H4,18,20,21,23,28). The van der Waals surface area contributed by atoms with Gasteiger partial charge in [-0.2, -0.15) is 4.99 Å². The second-order valence-electron chi connectivity index (χ2n) is 5.80. The second-order valence-corrected chi connectivity index (χ2v) is 5.80. The minimum Gasteiger partial charge on any atom is -0.409 e. The van der Waals surface area contributed by atoms with Crippen LogP contribution in [0.4, 0.5) is 20.7 Å². The van der Waals surface area contributed by atoms with Crippen molar-refractivity contribution in [2.24, 2.45) is 15.9 Å². The first kappa shape index (κ1) is 22.4. The molecule has 15 heteroatoms. The topological polar surface area (TPSA) is 195 Å². The van der Waals surface area contributed by atoms with E-state index in [0.29, 0.717) is 11.2 Å². The first-order valence-corrected chi connectivity index (χ1v) is 8.73. The number of amides is 2. The summed E-state index contributed by atoms with van der Waals surface area (Å²) >= 11 is 0. The van der Waals surface area contributed by atoms with Crippen LogP contribution in [0.3, 0.4) is 0 Å². The van der Waals surface area contributed by atoms with Crippen LogP contribution in [0.5, 0.6) is 0 Å². The van der Waals surface area contributed by atoms with Crippen LogP contribution in [-0.2, 0) is 0 Å². The smallest absolute Gasteiger partial charge is 0.341 e. The number of aliphatic hydroxyl groups is 1. The van der Waals surface area contributed by atoms with Crippen LogP contribution in [0.15, 0.2) is 33.0 Å². The molecule has 2 aromatic rings. The number of halogens is 1. The maximum absolute atomic E-state index is 13.4. The van der Waals surface area contributed by atoms with E-state index in [-0.39, 0.29) is 55.4 Å². The number of amidine groups is 1. The lowest BCUT2D eigenvalue weighted by Gasteiger charge is -2.11. The Kier molecular flexibility index (Phi) is 8.37. The molecule has 1 aromatic heterocycles. The van der Waals surface area contributed by atoms with Gasteiger partial charge in [-0.15, -0.1) is 0 Å². The van der Waals surface area contributed by atoms with Gasteiger partial charge in [0.25, 0.3) is 0 Å². The zero-order valence-electron chi connectivity index (χ0n) is 16.0. The molecule has 1 aromatic carbocycles. The van der Waals surface area contributed by atoms with E-state index in [1.54, 1.807) is 7.85 Å². The fourth-order valence-electron chi connectivity index (χ4n) is 2.24. The van der Waals surface area contributed by atoms with E-state index in [4.69, 9.17) is 15.5 Å². The lowest BCUT2D eigenvalue weighted by molar-refractivity contribution is 0.256. The molecule has 1 heterocycles. The van der Waals surface area contributed by atoms with E-state index >= 15 is 0 Å². The maximum atomic E-state index is 13.4. The number of hydrogen-bond acceptors (Lipinski definition) is 8. The number of aliphatic imine (C=N–C) groups is 1. The molecule has 160 valence electrons. The van der Waals surface area contributed by atoms with E-state index in [2.05, 4.69) is 41.7 Å². The quantitative estimate of drug-likeness (QED) is 0.0610. The number of carbonyl (C=O) groups is 1. The molecular weight excluding hydrogens is 400 g/mol. The summed E-state index contributed by atoms with van der Waals surface area (Å²) in [5, 5.41) is 39.9. The Morgan fingerprint density at radius 3 is 2.70 bits per heavy atom. The first-order valence-electron chi connectivity index (χ1n) is 8.73. The van der Waals surface area contributed by atoms with Crippen LogP contribution >= 0.6 is 0 Å². The fourth-order valence-corrected chi connectivity index (χ4v) is 2.24. The molecule has 0 saturated heterocycles. The fraction of sp³-hybridized carbons (Fsp3) is 0.267. The number of rotatable bonds is 8. The van der Waals surface area contributed by atoms with Crippen LogP contribution in [0, 0.1) is 5.82 Å². The molecule has 0 radical (unpaired) electrons. The van der Waals surface area contributed by atoms with Gasteiger partial charge in [0.1, 0.15) is 13.7 Å². The van der Waals surface area contributed by atoms with Crippen molar-refractivity contribution in [3.63, 3.8) is 0 Å². The monoisotopic (exact) mass is 421 g/mol. The molecule has 0 saturated carbocycles. The number of benzene rings is 1. The van der Waals surface area contributed by atoms with Crippen molar-refractivity contribution >= 4 is 42.6 Å². The molecule has 30 heavy (non-hydrogen) atoms. The molecular formula is C15H21BFN9O4. The second kappa shape index (κ2) is 11.2. The van der Waals surface area contributed by atoms with E-state index in [0.717, 1.165) is 0 Å². The number of oxime groups is 1. The van der Waals surface area contributed by atoms with Crippen molar-refractivity contribution in [2.45, 2.75) is 0 Å². The normalized spacial score (nSPS) is 11.8. The number of aliphatic hydroxyl groups excluding tert-OH is 1. The molecule has 0 atom stereocenters. The van der Waals surface area contributed by atoms with Gasteiger partial charge in [0.2, 0.25) is 17.6 Å².